The molecule has 1 aromatic heterocycles. The monoisotopic (exact) mass is 452 g/mol. The molecule has 0 saturated heterocycles. The van der Waals surface area contributed by atoms with E-state index in [0.717, 1.165) is 24.0 Å². The Morgan fingerprint density at radius 1 is 1.33 bits per heavy atom. The number of aliphatic imine (C=N–C) groups is 1. The van der Waals surface area contributed by atoms with Gasteiger partial charge in [-0.05, 0) is 18.3 Å². The quantitative estimate of drug-likeness (QED) is 0.376. The van der Waals surface area contributed by atoms with Crippen LogP contribution in [0.25, 0.3) is 0 Å². The van der Waals surface area contributed by atoms with Crippen molar-refractivity contribution in [1.29, 1.82) is 0 Å². The van der Waals surface area contributed by atoms with Crippen LogP contribution in [0.15, 0.2) is 15.6 Å². The van der Waals surface area contributed by atoms with Crippen LogP contribution in [0.2, 0.25) is 0 Å². The number of rotatable bonds is 7. The van der Waals surface area contributed by atoms with Crippen molar-refractivity contribution in [2.45, 2.75) is 60.1 Å². The Morgan fingerprint density at radius 2 is 2.00 bits per heavy atom. The standard InChI is InChI=1S/C17H32N4O2.HI/c1-8-18-16(20-11-15(22-7)17(4,5)6)19-10-13-9-14(12(2)3)21-23-13;/h9,12,15H,8,10-11H2,1-7H3,(H2,18,19,20);1H. The summed E-state index contributed by atoms with van der Waals surface area (Å²) >= 11 is 0. The zero-order valence-corrected chi connectivity index (χ0v) is 18.3. The highest BCUT2D eigenvalue weighted by Crippen LogP contribution is 2.21. The van der Waals surface area contributed by atoms with Crippen LogP contribution in [0.3, 0.4) is 0 Å². The van der Waals surface area contributed by atoms with Gasteiger partial charge in [-0.15, -0.1) is 24.0 Å². The van der Waals surface area contributed by atoms with E-state index < -0.39 is 0 Å². The summed E-state index contributed by atoms with van der Waals surface area (Å²) in [7, 11) is 1.74. The summed E-state index contributed by atoms with van der Waals surface area (Å²) in [4.78, 5) is 4.55. The number of guanidine groups is 1. The first-order chi connectivity index (χ1) is 10.8. The molecule has 0 saturated carbocycles. The van der Waals surface area contributed by atoms with Gasteiger partial charge in [-0.2, -0.15) is 0 Å². The summed E-state index contributed by atoms with van der Waals surface area (Å²) in [6, 6.07) is 1.96. The van der Waals surface area contributed by atoms with Crippen LogP contribution < -0.4 is 10.6 Å². The lowest BCUT2D eigenvalue weighted by atomic mass is 9.89. The van der Waals surface area contributed by atoms with Crippen LogP contribution in [0.4, 0.5) is 0 Å². The summed E-state index contributed by atoms with van der Waals surface area (Å²) in [6.07, 6.45) is 0.101. The van der Waals surface area contributed by atoms with Crippen LogP contribution in [0, 0.1) is 5.41 Å². The molecular weight excluding hydrogens is 419 g/mol. The topological polar surface area (TPSA) is 71.7 Å². The van der Waals surface area contributed by atoms with Gasteiger partial charge in [0.15, 0.2) is 11.7 Å². The minimum absolute atomic E-state index is 0. The van der Waals surface area contributed by atoms with Crippen LogP contribution in [-0.4, -0.2) is 37.4 Å². The van der Waals surface area contributed by atoms with E-state index in [4.69, 9.17) is 9.26 Å². The third-order valence-corrected chi connectivity index (χ3v) is 3.61. The van der Waals surface area contributed by atoms with E-state index in [1.807, 2.05) is 13.0 Å². The van der Waals surface area contributed by atoms with E-state index in [9.17, 15) is 0 Å². The fraction of sp³-hybridized carbons (Fsp3) is 0.765. The third kappa shape index (κ3) is 7.83. The zero-order chi connectivity index (χ0) is 17.5. The normalized spacial score (nSPS) is 13.6. The molecule has 0 radical (unpaired) electrons. The number of aromatic nitrogens is 1. The molecular formula is C17H33IN4O2. The van der Waals surface area contributed by atoms with Gasteiger partial charge in [0.2, 0.25) is 0 Å². The molecule has 0 bridgehead atoms. The van der Waals surface area contributed by atoms with E-state index in [-0.39, 0.29) is 35.5 Å². The molecule has 1 atom stereocenters. The first-order valence-corrected chi connectivity index (χ1v) is 8.28. The number of halogens is 1. The second-order valence-electron chi connectivity index (χ2n) is 7.04. The zero-order valence-electron chi connectivity index (χ0n) is 16.0. The maximum atomic E-state index is 5.56. The first kappa shape index (κ1) is 23.2. The Balaban J connectivity index is 0.00000529. The molecule has 1 aromatic rings. The number of methoxy groups -OCH3 is 1. The smallest absolute Gasteiger partial charge is 0.191 e. The van der Waals surface area contributed by atoms with Gasteiger partial charge in [0.25, 0.3) is 0 Å². The minimum atomic E-state index is 0. The Kier molecular flexibility index (Phi) is 10.5. The van der Waals surface area contributed by atoms with Crippen molar-refractivity contribution in [2.24, 2.45) is 10.4 Å². The fourth-order valence-corrected chi connectivity index (χ4v) is 2.11. The Hall–Kier alpha value is -0.830. The van der Waals surface area contributed by atoms with Gasteiger partial charge < -0.3 is 19.9 Å². The fourth-order valence-electron chi connectivity index (χ4n) is 2.11. The maximum Gasteiger partial charge on any atom is 0.191 e. The van der Waals surface area contributed by atoms with E-state index in [0.29, 0.717) is 19.0 Å². The average Bonchev–Trinajstić information content (AvgIpc) is 2.93. The Morgan fingerprint density at radius 3 is 2.46 bits per heavy atom. The van der Waals surface area contributed by atoms with Crippen molar-refractivity contribution in [2.75, 3.05) is 20.2 Å². The number of hydrogen-bond donors (Lipinski definition) is 2. The van der Waals surface area contributed by atoms with Crippen LogP contribution in [0.1, 0.15) is 58.9 Å². The predicted molar refractivity (Wildman–Crippen MR) is 109 cm³/mol. The molecule has 0 aliphatic carbocycles. The van der Waals surface area contributed by atoms with E-state index >= 15 is 0 Å². The molecule has 1 unspecified atom stereocenters. The molecule has 140 valence electrons. The molecule has 6 nitrogen and oxygen atoms in total. The van der Waals surface area contributed by atoms with E-state index in [1.54, 1.807) is 7.11 Å². The van der Waals surface area contributed by atoms with Crippen molar-refractivity contribution in [3.63, 3.8) is 0 Å². The maximum absolute atomic E-state index is 5.56. The van der Waals surface area contributed by atoms with Crippen LogP contribution >= 0.6 is 24.0 Å². The predicted octanol–water partition coefficient (Wildman–Crippen LogP) is 3.53. The minimum Gasteiger partial charge on any atom is -0.379 e. The summed E-state index contributed by atoms with van der Waals surface area (Å²) in [5.74, 6) is 1.88. The molecule has 0 amide bonds. The lowest BCUT2D eigenvalue weighted by Gasteiger charge is -2.30. The van der Waals surface area contributed by atoms with Gasteiger partial charge in [-0.1, -0.05) is 39.8 Å². The highest BCUT2D eigenvalue weighted by atomic mass is 127. The molecule has 0 spiro atoms. The molecule has 0 fully saturated rings. The van der Waals surface area contributed by atoms with Gasteiger partial charge in [0.1, 0.15) is 6.54 Å². The summed E-state index contributed by atoms with van der Waals surface area (Å²) in [5, 5.41) is 10.6. The Labute approximate surface area is 163 Å². The second kappa shape index (κ2) is 10.9. The molecule has 0 aliphatic rings. The third-order valence-electron chi connectivity index (χ3n) is 3.61. The molecule has 1 heterocycles. The molecule has 7 heteroatoms. The molecule has 1 rings (SSSR count). The van der Waals surface area contributed by atoms with Crippen molar-refractivity contribution in [1.82, 2.24) is 15.8 Å². The molecule has 0 aromatic carbocycles. The van der Waals surface area contributed by atoms with Gasteiger partial charge in [-0.3, -0.25) is 0 Å². The molecule has 24 heavy (non-hydrogen) atoms. The highest BCUT2D eigenvalue weighted by molar-refractivity contribution is 14.0. The second-order valence-corrected chi connectivity index (χ2v) is 7.04. The van der Waals surface area contributed by atoms with Gasteiger partial charge >= 0.3 is 0 Å². The van der Waals surface area contributed by atoms with Crippen LogP contribution in [-0.2, 0) is 11.3 Å². The molecule has 2 N–H and O–H groups in total. The van der Waals surface area contributed by atoms with Crippen molar-refractivity contribution >= 4 is 29.9 Å². The molecule has 0 aliphatic heterocycles. The van der Waals surface area contributed by atoms with Gasteiger partial charge in [0, 0.05) is 26.3 Å². The van der Waals surface area contributed by atoms with E-state index in [2.05, 4.69) is 55.4 Å². The summed E-state index contributed by atoms with van der Waals surface area (Å²) in [6.45, 7) is 14.7. The summed E-state index contributed by atoms with van der Waals surface area (Å²) < 4.78 is 10.9. The largest absolute Gasteiger partial charge is 0.379 e. The lowest BCUT2D eigenvalue weighted by molar-refractivity contribution is 0.0205. The van der Waals surface area contributed by atoms with Crippen molar-refractivity contribution < 1.29 is 9.26 Å². The van der Waals surface area contributed by atoms with Crippen LogP contribution in [0.5, 0.6) is 0 Å². The SMILES string of the molecule is CCNC(=NCc1cc(C(C)C)no1)NCC(OC)C(C)(C)C.I. The highest BCUT2D eigenvalue weighted by Gasteiger charge is 2.24. The average molecular weight is 452 g/mol. The first-order valence-electron chi connectivity index (χ1n) is 8.28. The van der Waals surface area contributed by atoms with Gasteiger partial charge in [0.05, 0.1) is 11.8 Å². The lowest BCUT2D eigenvalue weighted by Crippen LogP contribution is -2.45. The number of hydrogen-bond acceptors (Lipinski definition) is 4. The van der Waals surface area contributed by atoms with Crippen molar-refractivity contribution in [3.8, 4) is 0 Å². The van der Waals surface area contributed by atoms with E-state index in [1.165, 1.54) is 0 Å². The number of nitrogens with zero attached hydrogens (tertiary/aromatic N) is 2. The van der Waals surface area contributed by atoms with Crippen molar-refractivity contribution in [3.05, 3.63) is 17.5 Å². The van der Waals surface area contributed by atoms with Gasteiger partial charge in [-0.25, -0.2) is 4.99 Å². The number of ether oxygens (including phenoxy) is 1. The summed E-state index contributed by atoms with van der Waals surface area (Å²) in [5.41, 5.74) is 1.02. The number of nitrogens with one attached hydrogen (secondary N) is 2. The Bertz CT molecular complexity index is 495.